The first-order chi connectivity index (χ1) is 11.4. The van der Waals surface area contributed by atoms with Crippen LogP contribution in [0.2, 0.25) is 6.32 Å². The fraction of sp³-hybridized carbons (Fsp3) is 0.588. The first kappa shape index (κ1) is 25.2. The Balaban J connectivity index is 0.00000312. The summed E-state index contributed by atoms with van der Waals surface area (Å²) in [7, 11) is -1.34. The highest BCUT2D eigenvalue weighted by Crippen LogP contribution is 2.22. The van der Waals surface area contributed by atoms with Crippen LogP contribution in [-0.2, 0) is 17.6 Å². The number of unbranched alkanes of at least 4 members (excludes halogenated alkanes) is 1. The normalized spacial score (nSPS) is 15.3. The molecule has 9 heteroatoms. The van der Waals surface area contributed by atoms with E-state index >= 15 is 0 Å². The molecule has 26 heavy (non-hydrogen) atoms. The Kier molecular flexibility index (Phi) is 11.4. The van der Waals surface area contributed by atoms with Gasteiger partial charge in [-0.1, -0.05) is 37.1 Å². The van der Waals surface area contributed by atoms with E-state index in [1.165, 1.54) is 11.1 Å². The molecular weight excluding hydrogens is 378 g/mol. The predicted octanol–water partition coefficient (Wildman–Crippen LogP) is 1.40. The van der Waals surface area contributed by atoms with Gasteiger partial charge in [-0.2, -0.15) is 0 Å². The van der Waals surface area contributed by atoms with Gasteiger partial charge in [0.15, 0.2) is 0 Å². The molecule has 0 saturated heterocycles. The standard InChI is InChI=1S/C17H27BN2O4.2ClH/c19-17(16(21)22,7-3-4-9-18(23)24)8-10-20-15-11-13-5-1-2-6-14(13)12-15;;/h1-2,5-6,15,20,23-24H,3-4,7-12,19H2,(H,21,22);2*1H. The van der Waals surface area contributed by atoms with E-state index in [1.807, 2.05) is 12.1 Å². The Morgan fingerprint density at radius 2 is 1.73 bits per heavy atom. The number of nitrogens with one attached hydrogen (secondary N) is 1. The van der Waals surface area contributed by atoms with Gasteiger partial charge in [-0.25, -0.2) is 0 Å². The zero-order valence-electron chi connectivity index (χ0n) is 14.8. The molecule has 6 nitrogen and oxygen atoms in total. The average molecular weight is 407 g/mol. The summed E-state index contributed by atoms with van der Waals surface area (Å²) in [5.41, 5.74) is 7.51. The van der Waals surface area contributed by atoms with Crippen molar-refractivity contribution in [3.05, 3.63) is 35.4 Å². The molecule has 0 heterocycles. The number of rotatable bonds is 10. The predicted molar refractivity (Wildman–Crippen MR) is 108 cm³/mol. The number of hydrogen-bond acceptors (Lipinski definition) is 5. The molecular formula is C17H29BCl2N2O4. The number of nitrogens with two attached hydrogens (primary N) is 1. The van der Waals surface area contributed by atoms with Crippen LogP contribution in [-0.4, -0.2) is 46.4 Å². The van der Waals surface area contributed by atoms with E-state index in [0.29, 0.717) is 38.3 Å². The van der Waals surface area contributed by atoms with Gasteiger partial charge in [-0.3, -0.25) is 4.79 Å². The Morgan fingerprint density at radius 3 is 2.23 bits per heavy atom. The van der Waals surface area contributed by atoms with E-state index in [0.717, 1.165) is 12.8 Å². The Bertz CT molecular complexity index is 540. The Morgan fingerprint density at radius 1 is 1.15 bits per heavy atom. The molecule has 0 aromatic heterocycles. The maximum atomic E-state index is 11.5. The minimum atomic E-state index is -1.34. The first-order valence-corrected chi connectivity index (χ1v) is 8.59. The molecule has 0 spiro atoms. The SMILES string of the molecule is Cl.Cl.NC(CCCCB(O)O)(CCNC1Cc2ccccc2C1)C(=O)O. The molecule has 1 aromatic rings. The van der Waals surface area contributed by atoms with Crippen molar-refractivity contribution in [1.82, 2.24) is 5.32 Å². The zero-order chi connectivity index (χ0) is 17.6. The van der Waals surface area contributed by atoms with Crippen molar-refractivity contribution in [1.29, 1.82) is 0 Å². The number of hydrogen-bond donors (Lipinski definition) is 5. The Hall–Kier alpha value is -0.825. The maximum absolute atomic E-state index is 11.5. The van der Waals surface area contributed by atoms with Gasteiger partial charge >= 0.3 is 13.1 Å². The second kappa shape index (κ2) is 11.8. The molecule has 6 N–H and O–H groups in total. The van der Waals surface area contributed by atoms with Crippen molar-refractivity contribution < 1.29 is 19.9 Å². The van der Waals surface area contributed by atoms with Gasteiger partial charge in [0.05, 0.1) is 0 Å². The largest absolute Gasteiger partial charge is 0.480 e. The van der Waals surface area contributed by atoms with E-state index in [-0.39, 0.29) is 31.1 Å². The molecule has 2 rings (SSSR count). The molecule has 0 aliphatic heterocycles. The summed E-state index contributed by atoms with van der Waals surface area (Å²) >= 11 is 0. The lowest BCUT2D eigenvalue weighted by atomic mass is 9.81. The number of aliphatic carboxylic acids is 1. The van der Waals surface area contributed by atoms with Gasteiger partial charge in [0.1, 0.15) is 5.54 Å². The van der Waals surface area contributed by atoms with Gasteiger partial charge in [0.2, 0.25) is 0 Å². The lowest BCUT2D eigenvalue weighted by Gasteiger charge is -2.25. The van der Waals surface area contributed by atoms with Crippen LogP contribution in [0.25, 0.3) is 0 Å². The van der Waals surface area contributed by atoms with E-state index in [2.05, 4.69) is 17.4 Å². The second-order valence-corrected chi connectivity index (χ2v) is 6.77. The van der Waals surface area contributed by atoms with Gasteiger partial charge in [0.25, 0.3) is 0 Å². The van der Waals surface area contributed by atoms with Crippen LogP contribution in [0.1, 0.15) is 36.8 Å². The Labute approximate surface area is 167 Å². The molecule has 1 aliphatic carbocycles. The summed E-state index contributed by atoms with van der Waals surface area (Å²) < 4.78 is 0. The highest BCUT2D eigenvalue weighted by Gasteiger charge is 2.33. The number of benzene rings is 1. The second-order valence-electron chi connectivity index (χ2n) is 6.77. The molecule has 0 fully saturated rings. The number of fused-ring (bicyclic) bond motifs is 1. The minimum absolute atomic E-state index is 0. The number of carboxylic acid groups (broad SMARTS) is 1. The van der Waals surface area contributed by atoms with Crippen LogP contribution in [0.5, 0.6) is 0 Å². The van der Waals surface area contributed by atoms with Crippen LogP contribution in [0.3, 0.4) is 0 Å². The topological polar surface area (TPSA) is 116 Å². The quantitative estimate of drug-likeness (QED) is 0.296. The third-order valence-corrected chi connectivity index (χ3v) is 4.82. The molecule has 0 bridgehead atoms. The van der Waals surface area contributed by atoms with E-state index in [1.54, 1.807) is 0 Å². The number of halogens is 2. The van der Waals surface area contributed by atoms with Crippen LogP contribution in [0.15, 0.2) is 24.3 Å². The highest BCUT2D eigenvalue weighted by atomic mass is 35.5. The van der Waals surface area contributed by atoms with Gasteiger partial charge in [-0.15, -0.1) is 24.8 Å². The van der Waals surface area contributed by atoms with Crippen LogP contribution in [0, 0.1) is 0 Å². The van der Waals surface area contributed by atoms with Crippen molar-refractivity contribution in [3.63, 3.8) is 0 Å². The third kappa shape index (κ3) is 7.43. The molecule has 1 aliphatic rings. The van der Waals surface area contributed by atoms with Crippen LogP contribution in [0.4, 0.5) is 0 Å². The van der Waals surface area contributed by atoms with E-state index in [4.69, 9.17) is 15.8 Å². The first-order valence-electron chi connectivity index (χ1n) is 8.59. The fourth-order valence-electron chi connectivity index (χ4n) is 3.31. The van der Waals surface area contributed by atoms with Crippen molar-refractivity contribution in [2.45, 2.75) is 56.4 Å². The van der Waals surface area contributed by atoms with Gasteiger partial charge in [0, 0.05) is 6.04 Å². The van der Waals surface area contributed by atoms with Crippen LogP contribution < -0.4 is 11.1 Å². The molecule has 0 radical (unpaired) electrons. The smallest absolute Gasteiger partial charge is 0.451 e. The minimum Gasteiger partial charge on any atom is -0.480 e. The zero-order valence-corrected chi connectivity index (χ0v) is 16.4. The van der Waals surface area contributed by atoms with Crippen LogP contribution >= 0.6 is 24.8 Å². The maximum Gasteiger partial charge on any atom is 0.451 e. The number of carboxylic acids is 1. The molecule has 1 aromatic carbocycles. The third-order valence-electron chi connectivity index (χ3n) is 4.82. The van der Waals surface area contributed by atoms with E-state index in [9.17, 15) is 9.90 Å². The monoisotopic (exact) mass is 406 g/mol. The van der Waals surface area contributed by atoms with Gasteiger partial charge in [-0.05, 0) is 49.7 Å². The lowest BCUT2D eigenvalue weighted by Crippen LogP contribution is -2.50. The summed E-state index contributed by atoms with van der Waals surface area (Å²) in [5, 5.41) is 30.5. The summed E-state index contributed by atoms with van der Waals surface area (Å²) in [6, 6.07) is 8.69. The summed E-state index contributed by atoms with van der Waals surface area (Å²) in [5.74, 6) is -0.997. The highest BCUT2D eigenvalue weighted by molar-refractivity contribution is 6.40. The molecule has 0 saturated carbocycles. The molecule has 1 unspecified atom stereocenters. The molecule has 148 valence electrons. The van der Waals surface area contributed by atoms with Crippen molar-refractivity contribution in [2.75, 3.05) is 6.54 Å². The fourth-order valence-corrected chi connectivity index (χ4v) is 3.31. The number of carbonyl (C=O) groups is 1. The van der Waals surface area contributed by atoms with Crippen molar-refractivity contribution >= 4 is 37.9 Å². The van der Waals surface area contributed by atoms with Gasteiger partial charge < -0.3 is 26.2 Å². The van der Waals surface area contributed by atoms with Crippen molar-refractivity contribution in [3.8, 4) is 0 Å². The lowest BCUT2D eigenvalue weighted by molar-refractivity contribution is -0.144. The summed E-state index contributed by atoms with van der Waals surface area (Å²) in [6.07, 6.45) is 3.99. The summed E-state index contributed by atoms with van der Waals surface area (Å²) in [4.78, 5) is 11.5. The average Bonchev–Trinajstić information content (AvgIpc) is 2.94. The van der Waals surface area contributed by atoms with Crippen molar-refractivity contribution in [2.24, 2.45) is 5.73 Å². The van der Waals surface area contributed by atoms with E-state index < -0.39 is 18.6 Å². The summed E-state index contributed by atoms with van der Waals surface area (Å²) in [6.45, 7) is 0.560. The molecule has 1 atom stereocenters. The molecule has 0 amide bonds.